The van der Waals surface area contributed by atoms with E-state index in [9.17, 15) is 9.59 Å². The van der Waals surface area contributed by atoms with Crippen molar-refractivity contribution in [3.05, 3.63) is 48.0 Å². The molecule has 0 aliphatic carbocycles. The van der Waals surface area contributed by atoms with Crippen LogP contribution in [0.3, 0.4) is 0 Å². The van der Waals surface area contributed by atoms with E-state index in [1.165, 1.54) is 19.3 Å². The smallest absolute Gasteiger partial charge is 0.227 e. The lowest BCUT2D eigenvalue weighted by atomic mass is 10.0. The molecule has 2 atom stereocenters. The molecule has 0 aromatic heterocycles. The van der Waals surface area contributed by atoms with Crippen LogP contribution >= 0.6 is 0 Å². The third kappa shape index (κ3) is 5.22. The zero-order valence-corrected chi connectivity index (χ0v) is 20.2. The van der Waals surface area contributed by atoms with Crippen LogP contribution in [-0.4, -0.2) is 63.2 Å². The molecule has 3 aliphatic heterocycles. The van der Waals surface area contributed by atoms with E-state index < -0.39 is 0 Å². The molecule has 0 radical (unpaired) electrons. The van der Waals surface area contributed by atoms with Crippen LogP contribution < -0.4 is 24.4 Å². The van der Waals surface area contributed by atoms with Gasteiger partial charge in [-0.25, -0.2) is 0 Å². The second-order valence-electron chi connectivity index (χ2n) is 9.36. The molecule has 3 aliphatic rings. The number of carbonyl (C=O) groups is 2. The highest BCUT2D eigenvalue weighted by atomic mass is 16.6. The highest BCUT2D eigenvalue weighted by Crippen LogP contribution is 2.36. The molecule has 2 aromatic carbocycles. The topological polar surface area (TPSA) is 80.3 Å². The average molecular weight is 480 g/mol. The van der Waals surface area contributed by atoms with Gasteiger partial charge >= 0.3 is 0 Å². The number of anilines is 1. The molecule has 3 heterocycles. The van der Waals surface area contributed by atoms with Crippen LogP contribution in [0.1, 0.15) is 37.3 Å². The van der Waals surface area contributed by atoms with E-state index in [-0.39, 0.29) is 30.2 Å². The lowest BCUT2D eigenvalue weighted by Crippen LogP contribution is -2.42. The fourth-order valence-electron chi connectivity index (χ4n) is 5.19. The second-order valence-corrected chi connectivity index (χ2v) is 9.36. The van der Waals surface area contributed by atoms with E-state index in [1.807, 2.05) is 30.3 Å². The Morgan fingerprint density at radius 2 is 1.80 bits per heavy atom. The standard InChI is InChI=1S/C27H33N3O5/c1-33-22-8-5-19(6-9-22)23(29-11-3-2-4-12-29)17-28-27(32)20-15-26(31)30(18-20)21-7-10-24-25(16-21)35-14-13-34-24/h5-10,16,20,23H,2-4,11-15,17-18H2,1H3,(H,28,32)/t20-,23-/m0/s1. The summed E-state index contributed by atoms with van der Waals surface area (Å²) in [6.07, 6.45) is 3.79. The van der Waals surface area contributed by atoms with E-state index in [2.05, 4.69) is 22.3 Å². The monoisotopic (exact) mass is 479 g/mol. The number of fused-ring (bicyclic) bond motifs is 1. The fraction of sp³-hybridized carbons (Fsp3) is 0.481. The Balaban J connectivity index is 1.24. The molecule has 8 heteroatoms. The number of piperidine rings is 1. The number of methoxy groups -OCH3 is 1. The molecule has 0 unspecified atom stereocenters. The van der Waals surface area contributed by atoms with Crippen molar-refractivity contribution in [1.29, 1.82) is 0 Å². The van der Waals surface area contributed by atoms with Crippen molar-refractivity contribution >= 4 is 17.5 Å². The van der Waals surface area contributed by atoms with Crippen LogP contribution in [0, 0.1) is 5.92 Å². The molecule has 2 fully saturated rings. The van der Waals surface area contributed by atoms with Gasteiger partial charge in [-0.3, -0.25) is 14.5 Å². The van der Waals surface area contributed by atoms with Gasteiger partial charge in [-0.15, -0.1) is 0 Å². The number of nitrogens with one attached hydrogen (secondary N) is 1. The van der Waals surface area contributed by atoms with Crippen LogP contribution in [0.2, 0.25) is 0 Å². The van der Waals surface area contributed by atoms with Crippen molar-refractivity contribution < 1.29 is 23.8 Å². The van der Waals surface area contributed by atoms with Crippen LogP contribution in [0.15, 0.2) is 42.5 Å². The number of nitrogens with zero attached hydrogens (tertiary/aromatic N) is 2. The molecule has 0 saturated carbocycles. The van der Waals surface area contributed by atoms with Crippen LogP contribution in [-0.2, 0) is 9.59 Å². The third-order valence-electron chi connectivity index (χ3n) is 7.13. The van der Waals surface area contributed by atoms with Gasteiger partial charge in [0.2, 0.25) is 11.8 Å². The first-order valence-corrected chi connectivity index (χ1v) is 12.5. The molecule has 0 spiro atoms. The minimum atomic E-state index is -0.381. The van der Waals surface area contributed by atoms with Gasteiger partial charge in [0.15, 0.2) is 11.5 Å². The molecule has 0 bridgehead atoms. The molecular weight excluding hydrogens is 446 g/mol. The zero-order chi connectivity index (χ0) is 24.2. The minimum Gasteiger partial charge on any atom is -0.497 e. The maximum atomic E-state index is 13.1. The molecule has 2 aromatic rings. The van der Waals surface area contributed by atoms with Gasteiger partial charge in [-0.2, -0.15) is 0 Å². The number of amides is 2. The summed E-state index contributed by atoms with van der Waals surface area (Å²) in [5.41, 5.74) is 1.90. The zero-order valence-electron chi connectivity index (χ0n) is 20.2. The summed E-state index contributed by atoms with van der Waals surface area (Å²) >= 11 is 0. The molecule has 186 valence electrons. The Labute approximate surface area is 206 Å². The summed E-state index contributed by atoms with van der Waals surface area (Å²) in [5, 5.41) is 3.16. The number of hydrogen-bond acceptors (Lipinski definition) is 6. The van der Waals surface area contributed by atoms with Gasteiger partial charge in [0, 0.05) is 31.3 Å². The van der Waals surface area contributed by atoms with Crippen molar-refractivity contribution in [2.24, 2.45) is 5.92 Å². The highest BCUT2D eigenvalue weighted by Gasteiger charge is 2.36. The Kier molecular flexibility index (Phi) is 7.08. The average Bonchev–Trinajstić information content (AvgIpc) is 3.31. The first-order valence-electron chi connectivity index (χ1n) is 12.5. The first-order chi connectivity index (χ1) is 17.1. The SMILES string of the molecule is COc1ccc([C@H](CNC(=O)[C@H]2CC(=O)N(c3ccc4c(c3)OCCO4)C2)N2CCCCC2)cc1. The second kappa shape index (κ2) is 10.6. The van der Waals surface area contributed by atoms with Crippen molar-refractivity contribution in [1.82, 2.24) is 10.2 Å². The first kappa shape index (κ1) is 23.5. The summed E-state index contributed by atoms with van der Waals surface area (Å²) in [4.78, 5) is 30.1. The highest BCUT2D eigenvalue weighted by molar-refractivity contribution is 6.00. The predicted octanol–water partition coefficient (Wildman–Crippen LogP) is 3.16. The number of carbonyl (C=O) groups excluding carboxylic acids is 2. The van der Waals surface area contributed by atoms with Crippen molar-refractivity contribution in [3.63, 3.8) is 0 Å². The molecule has 5 rings (SSSR count). The van der Waals surface area contributed by atoms with Crippen molar-refractivity contribution in [2.75, 3.05) is 51.4 Å². The van der Waals surface area contributed by atoms with Crippen LogP contribution in [0.5, 0.6) is 17.2 Å². The van der Waals surface area contributed by atoms with Crippen LogP contribution in [0.4, 0.5) is 5.69 Å². The van der Waals surface area contributed by atoms with E-state index >= 15 is 0 Å². The largest absolute Gasteiger partial charge is 0.497 e. The Morgan fingerprint density at radius 3 is 2.54 bits per heavy atom. The molecule has 2 saturated heterocycles. The van der Waals surface area contributed by atoms with E-state index in [1.54, 1.807) is 12.0 Å². The maximum absolute atomic E-state index is 13.1. The Morgan fingerprint density at radius 1 is 1.06 bits per heavy atom. The molecule has 8 nitrogen and oxygen atoms in total. The van der Waals surface area contributed by atoms with Gasteiger partial charge in [-0.1, -0.05) is 18.6 Å². The van der Waals surface area contributed by atoms with Gasteiger partial charge < -0.3 is 24.4 Å². The maximum Gasteiger partial charge on any atom is 0.227 e. The van der Waals surface area contributed by atoms with E-state index in [0.29, 0.717) is 37.8 Å². The summed E-state index contributed by atoms with van der Waals surface area (Å²) in [6.45, 7) is 3.92. The van der Waals surface area contributed by atoms with Gasteiger partial charge in [0.05, 0.1) is 19.1 Å². The van der Waals surface area contributed by atoms with Gasteiger partial charge in [0.1, 0.15) is 19.0 Å². The number of ether oxygens (including phenoxy) is 3. The normalized spacial score (nSPS) is 21.0. The predicted molar refractivity (Wildman–Crippen MR) is 132 cm³/mol. The fourth-order valence-corrected chi connectivity index (χ4v) is 5.19. The summed E-state index contributed by atoms with van der Waals surface area (Å²) < 4.78 is 16.5. The third-order valence-corrected chi connectivity index (χ3v) is 7.13. The van der Waals surface area contributed by atoms with Gasteiger partial charge in [0.25, 0.3) is 0 Å². The number of likely N-dealkylation sites (tertiary alicyclic amines) is 1. The Hall–Kier alpha value is -3.26. The quantitative estimate of drug-likeness (QED) is 0.657. The van der Waals surface area contributed by atoms with Crippen LogP contribution in [0.25, 0.3) is 0 Å². The summed E-state index contributed by atoms with van der Waals surface area (Å²) in [5.74, 6) is 1.63. The molecule has 1 N–H and O–H groups in total. The van der Waals surface area contributed by atoms with Crippen molar-refractivity contribution in [2.45, 2.75) is 31.7 Å². The number of rotatable bonds is 7. The van der Waals surface area contributed by atoms with Gasteiger partial charge in [-0.05, 0) is 55.8 Å². The summed E-state index contributed by atoms with van der Waals surface area (Å²) in [7, 11) is 1.66. The number of benzene rings is 2. The lowest BCUT2D eigenvalue weighted by Gasteiger charge is -2.35. The summed E-state index contributed by atoms with van der Waals surface area (Å²) in [6, 6.07) is 13.7. The van der Waals surface area contributed by atoms with E-state index in [0.717, 1.165) is 30.1 Å². The molecular formula is C27H33N3O5. The molecule has 2 amide bonds. The van der Waals surface area contributed by atoms with Crippen molar-refractivity contribution in [3.8, 4) is 17.2 Å². The minimum absolute atomic E-state index is 0.0513. The number of hydrogen-bond donors (Lipinski definition) is 1. The lowest BCUT2D eigenvalue weighted by molar-refractivity contribution is -0.126. The van der Waals surface area contributed by atoms with E-state index in [4.69, 9.17) is 14.2 Å². The Bertz CT molecular complexity index is 1050. The molecule has 35 heavy (non-hydrogen) atoms.